The number of carbonyl (C=O) groups excluding carboxylic acids is 1. The highest BCUT2D eigenvalue weighted by molar-refractivity contribution is 6.01. The molecule has 1 amide bonds. The lowest BCUT2D eigenvalue weighted by Crippen LogP contribution is -2.04. The molecule has 0 atom stereocenters. The molecule has 0 spiro atoms. The summed E-state index contributed by atoms with van der Waals surface area (Å²) in [6.45, 7) is 1.39. The molecule has 0 saturated heterocycles. The van der Waals surface area contributed by atoms with Crippen LogP contribution in [0.15, 0.2) is 28.7 Å². The first-order valence-electron chi connectivity index (χ1n) is 4.41. The van der Waals surface area contributed by atoms with E-state index in [1.54, 1.807) is 12.1 Å². The second-order valence-electron chi connectivity index (χ2n) is 3.10. The number of fused-ring (bicyclic) bond motifs is 1. The summed E-state index contributed by atoms with van der Waals surface area (Å²) in [5, 5.41) is 12.8. The van der Waals surface area contributed by atoms with Crippen LogP contribution in [0.25, 0.3) is 10.8 Å². The number of nitrogens with zero attached hydrogens (tertiary/aromatic N) is 1. The van der Waals surface area contributed by atoms with Crippen LogP contribution in [0, 0.1) is 11.3 Å². The number of carbonyl (C=O) groups is 1. The molecule has 2 aromatic rings. The van der Waals surface area contributed by atoms with Gasteiger partial charge < -0.3 is 4.42 Å². The van der Waals surface area contributed by atoms with Gasteiger partial charge in [0.05, 0.1) is 0 Å². The lowest BCUT2D eigenvalue weighted by Gasteiger charge is -1.95. The van der Waals surface area contributed by atoms with Crippen molar-refractivity contribution in [2.24, 2.45) is 0 Å². The van der Waals surface area contributed by atoms with E-state index in [9.17, 15) is 4.79 Å². The number of amides is 1. The normalized spacial score (nSPS) is 9.87. The van der Waals surface area contributed by atoms with Crippen molar-refractivity contribution in [2.75, 3.05) is 5.32 Å². The molecule has 15 heavy (non-hydrogen) atoms. The minimum absolute atomic E-state index is 0.217. The Morgan fingerprint density at radius 2 is 2.07 bits per heavy atom. The first-order chi connectivity index (χ1) is 7.22. The molecule has 0 aliphatic carbocycles. The third-order valence-electron chi connectivity index (χ3n) is 2.01. The molecule has 1 N–H and O–H groups in total. The van der Waals surface area contributed by atoms with Gasteiger partial charge in [-0.25, -0.2) is 0 Å². The Morgan fingerprint density at radius 1 is 1.40 bits per heavy atom. The lowest BCUT2D eigenvalue weighted by molar-refractivity contribution is -0.114. The van der Waals surface area contributed by atoms with Gasteiger partial charge in [-0.15, -0.1) is 0 Å². The largest absolute Gasteiger partial charge is 0.429 e. The Balaban J connectivity index is 2.66. The van der Waals surface area contributed by atoms with Gasteiger partial charge in [0.25, 0.3) is 0 Å². The van der Waals surface area contributed by atoms with Gasteiger partial charge in [-0.3, -0.25) is 10.1 Å². The first-order valence-corrected chi connectivity index (χ1v) is 4.41. The van der Waals surface area contributed by atoms with Crippen LogP contribution >= 0.6 is 0 Å². The van der Waals surface area contributed by atoms with Crippen LogP contribution in [0.2, 0.25) is 0 Å². The van der Waals surface area contributed by atoms with Crippen LogP contribution in [-0.2, 0) is 4.79 Å². The van der Waals surface area contributed by atoms with E-state index in [0.717, 1.165) is 5.39 Å². The molecule has 0 radical (unpaired) electrons. The summed E-state index contributed by atoms with van der Waals surface area (Å²) in [4.78, 5) is 10.9. The fourth-order valence-corrected chi connectivity index (χ4v) is 1.43. The zero-order valence-corrected chi connectivity index (χ0v) is 8.07. The zero-order chi connectivity index (χ0) is 10.8. The van der Waals surface area contributed by atoms with Crippen LogP contribution in [0.5, 0.6) is 0 Å². The van der Waals surface area contributed by atoms with Crippen molar-refractivity contribution >= 4 is 22.6 Å². The Morgan fingerprint density at radius 3 is 2.67 bits per heavy atom. The third-order valence-corrected chi connectivity index (χ3v) is 2.01. The Bertz CT molecular complexity index is 563. The first kappa shape index (κ1) is 9.28. The molecule has 4 nitrogen and oxygen atoms in total. The van der Waals surface area contributed by atoms with Crippen molar-refractivity contribution in [1.82, 2.24) is 0 Å². The Labute approximate surface area is 86.1 Å². The average Bonchev–Trinajstić information content (AvgIpc) is 2.56. The fraction of sp³-hybridized carbons (Fsp3) is 0.0909. The summed E-state index contributed by atoms with van der Waals surface area (Å²) in [6.07, 6.45) is 0. The number of nitriles is 1. The van der Waals surface area contributed by atoms with Crippen LogP contribution in [0.3, 0.4) is 0 Å². The van der Waals surface area contributed by atoms with E-state index < -0.39 is 0 Å². The van der Waals surface area contributed by atoms with Crippen LogP contribution in [0.4, 0.5) is 5.88 Å². The maximum atomic E-state index is 10.9. The zero-order valence-electron chi connectivity index (χ0n) is 8.07. The van der Waals surface area contributed by atoms with Crippen LogP contribution < -0.4 is 5.32 Å². The summed E-state index contributed by atoms with van der Waals surface area (Å²) < 4.78 is 5.23. The molecular weight excluding hydrogens is 192 g/mol. The van der Waals surface area contributed by atoms with Gasteiger partial charge in [0.2, 0.25) is 17.6 Å². The molecule has 0 aliphatic rings. The van der Waals surface area contributed by atoms with Crippen molar-refractivity contribution in [3.8, 4) is 6.07 Å². The summed E-state index contributed by atoms with van der Waals surface area (Å²) in [7, 11) is 0. The highest BCUT2D eigenvalue weighted by atomic mass is 16.4. The van der Waals surface area contributed by atoms with Gasteiger partial charge in [-0.1, -0.05) is 12.1 Å². The molecular formula is C11H8N2O2. The molecule has 0 unspecified atom stereocenters. The highest BCUT2D eigenvalue weighted by Gasteiger charge is 2.12. The summed E-state index contributed by atoms with van der Waals surface area (Å²) in [5.41, 5.74) is 0. The highest BCUT2D eigenvalue weighted by Crippen LogP contribution is 2.29. The van der Waals surface area contributed by atoms with Gasteiger partial charge in [0.1, 0.15) is 6.07 Å². The maximum absolute atomic E-state index is 10.9. The van der Waals surface area contributed by atoms with E-state index in [1.807, 2.05) is 18.2 Å². The average molecular weight is 200 g/mol. The third kappa shape index (κ3) is 1.55. The number of hydrogen-bond acceptors (Lipinski definition) is 3. The molecule has 1 aromatic carbocycles. The van der Waals surface area contributed by atoms with E-state index in [-0.39, 0.29) is 11.7 Å². The fourth-order valence-electron chi connectivity index (χ4n) is 1.43. The summed E-state index contributed by atoms with van der Waals surface area (Å²) in [5.74, 6) is 0.322. The lowest BCUT2D eigenvalue weighted by atomic mass is 10.2. The van der Waals surface area contributed by atoms with Crippen molar-refractivity contribution in [1.29, 1.82) is 5.26 Å². The second-order valence-corrected chi connectivity index (χ2v) is 3.10. The van der Waals surface area contributed by atoms with E-state index in [0.29, 0.717) is 11.3 Å². The van der Waals surface area contributed by atoms with Gasteiger partial charge in [0.15, 0.2) is 0 Å². The van der Waals surface area contributed by atoms with Crippen LogP contribution in [0.1, 0.15) is 12.7 Å². The van der Waals surface area contributed by atoms with Crippen molar-refractivity contribution in [3.05, 3.63) is 30.0 Å². The standard InChI is InChI=1S/C11H8N2O2/c1-7(14)13-11-9-5-3-2-4-8(9)10(6-12)15-11/h2-5H,1H3,(H,13,14). The van der Waals surface area contributed by atoms with Crippen molar-refractivity contribution in [2.45, 2.75) is 6.92 Å². The molecule has 0 aliphatic heterocycles. The summed E-state index contributed by atoms with van der Waals surface area (Å²) >= 11 is 0. The van der Waals surface area contributed by atoms with Crippen molar-refractivity contribution < 1.29 is 9.21 Å². The van der Waals surface area contributed by atoms with E-state index >= 15 is 0 Å². The molecule has 0 fully saturated rings. The maximum Gasteiger partial charge on any atom is 0.223 e. The number of benzene rings is 1. The van der Waals surface area contributed by atoms with Crippen LogP contribution in [-0.4, -0.2) is 5.91 Å². The second kappa shape index (κ2) is 3.46. The Kier molecular flexibility index (Phi) is 2.14. The quantitative estimate of drug-likeness (QED) is 0.767. The monoisotopic (exact) mass is 200 g/mol. The Hall–Kier alpha value is -2.28. The molecule has 4 heteroatoms. The van der Waals surface area contributed by atoms with Crippen molar-refractivity contribution in [3.63, 3.8) is 0 Å². The van der Waals surface area contributed by atoms with E-state index in [2.05, 4.69) is 5.32 Å². The molecule has 0 bridgehead atoms. The predicted octanol–water partition coefficient (Wildman–Crippen LogP) is 2.26. The van der Waals surface area contributed by atoms with Gasteiger partial charge in [-0.05, 0) is 12.1 Å². The minimum Gasteiger partial charge on any atom is -0.429 e. The minimum atomic E-state index is -0.223. The van der Waals surface area contributed by atoms with Gasteiger partial charge >= 0.3 is 0 Å². The number of rotatable bonds is 1. The predicted molar refractivity (Wildman–Crippen MR) is 55.2 cm³/mol. The molecule has 0 saturated carbocycles. The molecule has 2 rings (SSSR count). The number of furan rings is 1. The number of hydrogen-bond donors (Lipinski definition) is 1. The topological polar surface area (TPSA) is 66.0 Å². The van der Waals surface area contributed by atoms with Gasteiger partial charge in [0, 0.05) is 17.7 Å². The number of anilines is 1. The molecule has 1 aromatic heterocycles. The van der Waals surface area contributed by atoms with E-state index in [4.69, 9.17) is 9.68 Å². The molecule has 74 valence electrons. The smallest absolute Gasteiger partial charge is 0.223 e. The summed E-state index contributed by atoms with van der Waals surface area (Å²) in [6, 6.07) is 9.16. The molecule has 1 heterocycles. The van der Waals surface area contributed by atoms with E-state index in [1.165, 1.54) is 6.92 Å². The van der Waals surface area contributed by atoms with Gasteiger partial charge in [-0.2, -0.15) is 5.26 Å². The number of nitrogens with one attached hydrogen (secondary N) is 1. The SMILES string of the molecule is CC(=O)Nc1oc(C#N)c2ccccc12.